The number of fused-ring (bicyclic) bond motifs is 3. The average molecular weight is 443 g/mol. The highest BCUT2D eigenvalue weighted by Gasteiger charge is 2.45. The molecule has 2 aromatic rings. The molecule has 2 unspecified atom stereocenters. The van der Waals surface area contributed by atoms with Crippen molar-refractivity contribution in [1.82, 2.24) is 15.3 Å². The maximum atomic E-state index is 6.59. The lowest BCUT2D eigenvalue weighted by Gasteiger charge is -2.37. The summed E-state index contributed by atoms with van der Waals surface area (Å²) in [5.74, 6) is 0.890. The first kappa shape index (κ1) is 22.1. The van der Waals surface area contributed by atoms with Crippen LogP contribution in [0.15, 0.2) is 30.4 Å². The number of nitrogens with one attached hydrogen (secondary N) is 1. The lowest BCUT2D eigenvalue weighted by molar-refractivity contribution is -0.0729. The summed E-state index contributed by atoms with van der Waals surface area (Å²) >= 11 is 6.48. The number of halogens is 1. The van der Waals surface area contributed by atoms with Gasteiger partial charge in [0.25, 0.3) is 0 Å². The van der Waals surface area contributed by atoms with Gasteiger partial charge in [0.15, 0.2) is 0 Å². The monoisotopic (exact) mass is 442 g/mol. The molecule has 1 aromatic carbocycles. The Labute approximate surface area is 189 Å². The average Bonchev–Trinajstić information content (AvgIpc) is 3.14. The predicted octanol–water partition coefficient (Wildman–Crippen LogP) is 4.04. The summed E-state index contributed by atoms with van der Waals surface area (Å²) in [6.07, 6.45) is 6.73. The molecule has 0 amide bonds. The molecule has 0 radical (unpaired) electrons. The van der Waals surface area contributed by atoms with Gasteiger partial charge in [0.2, 0.25) is 0 Å². The van der Waals surface area contributed by atoms with Gasteiger partial charge in [-0.25, -0.2) is 0 Å². The molecular formula is C24H31ClN4O2. The van der Waals surface area contributed by atoms with Crippen LogP contribution in [0.3, 0.4) is 0 Å². The van der Waals surface area contributed by atoms with Gasteiger partial charge in [-0.1, -0.05) is 35.9 Å². The first-order valence-corrected chi connectivity index (χ1v) is 11.3. The summed E-state index contributed by atoms with van der Waals surface area (Å²) in [4.78, 5) is 11.8. The van der Waals surface area contributed by atoms with Crippen LogP contribution in [0, 0.1) is 0 Å². The molecule has 1 aromatic heterocycles. The first-order chi connectivity index (χ1) is 15.0. The number of aromatic nitrogens is 2. The van der Waals surface area contributed by atoms with Gasteiger partial charge in [-0.15, -0.1) is 0 Å². The highest BCUT2D eigenvalue weighted by atomic mass is 35.5. The minimum atomic E-state index is -0.379. The number of hydrogen-bond donors (Lipinski definition) is 1. The minimum Gasteiger partial charge on any atom is -0.467 e. The molecule has 0 saturated heterocycles. The van der Waals surface area contributed by atoms with E-state index in [1.165, 1.54) is 11.1 Å². The van der Waals surface area contributed by atoms with Crippen LogP contribution in [0.5, 0.6) is 6.01 Å². The van der Waals surface area contributed by atoms with Crippen molar-refractivity contribution in [1.29, 1.82) is 0 Å². The Morgan fingerprint density at radius 2 is 2.19 bits per heavy atom. The fourth-order valence-corrected chi connectivity index (χ4v) is 4.88. The second-order valence-electron chi connectivity index (χ2n) is 8.35. The summed E-state index contributed by atoms with van der Waals surface area (Å²) in [5, 5.41) is 4.14. The van der Waals surface area contributed by atoms with Crippen LogP contribution in [0.2, 0.25) is 5.02 Å². The van der Waals surface area contributed by atoms with Crippen molar-refractivity contribution in [3.05, 3.63) is 57.8 Å². The van der Waals surface area contributed by atoms with Crippen LogP contribution < -0.4 is 15.0 Å². The van der Waals surface area contributed by atoms with Gasteiger partial charge in [-0.2, -0.15) is 9.97 Å². The van der Waals surface area contributed by atoms with Gasteiger partial charge in [0, 0.05) is 36.1 Å². The molecule has 1 aliphatic carbocycles. The van der Waals surface area contributed by atoms with E-state index in [1.807, 2.05) is 26.1 Å². The zero-order valence-corrected chi connectivity index (χ0v) is 19.5. The standard InChI is InChI=1S/C24H31ClN4O2/c1-5-6-12-29(14-16(2)26-3)22-18-15-31-24(13-21(18)27-23(28-22)30-4)11-10-17-19(24)8-7-9-20(17)25/h5-9,16,26H,10-15H2,1-4H3. The van der Waals surface area contributed by atoms with E-state index in [2.05, 4.69) is 35.4 Å². The number of anilines is 1. The van der Waals surface area contributed by atoms with Crippen molar-refractivity contribution < 1.29 is 9.47 Å². The van der Waals surface area contributed by atoms with Gasteiger partial charge >= 0.3 is 6.01 Å². The van der Waals surface area contributed by atoms with Crippen LogP contribution in [0.1, 0.15) is 42.7 Å². The van der Waals surface area contributed by atoms with E-state index in [-0.39, 0.29) is 5.60 Å². The Hall–Kier alpha value is -2.15. The number of rotatable bonds is 7. The van der Waals surface area contributed by atoms with Crippen LogP contribution in [-0.4, -0.2) is 43.3 Å². The zero-order chi connectivity index (χ0) is 22.0. The Kier molecular flexibility index (Phi) is 6.51. The van der Waals surface area contributed by atoms with Gasteiger partial charge in [-0.3, -0.25) is 0 Å². The third kappa shape index (κ3) is 4.16. The second-order valence-corrected chi connectivity index (χ2v) is 8.76. The molecule has 2 aliphatic rings. The van der Waals surface area contributed by atoms with E-state index in [0.717, 1.165) is 48.0 Å². The van der Waals surface area contributed by atoms with Crippen molar-refractivity contribution >= 4 is 17.4 Å². The molecule has 0 fully saturated rings. The summed E-state index contributed by atoms with van der Waals surface area (Å²) < 4.78 is 12.1. The third-order valence-electron chi connectivity index (χ3n) is 6.42. The lowest BCUT2D eigenvalue weighted by Crippen LogP contribution is -2.40. The lowest BCUT2D eigenvalue weighted by atomic mass is 9.87. The normalized spacial score (nSPS) is 20.7. The smallest absolute Gasteiger partial charge is 0.318 e. The Morgan fingerprint density at radius 1 is 1.35 bits per heavy atom. The molecule has 0 saturated carbocycles. The predicted molar refractivity (Wildman–Crippen MR) is 124 cm³/mol. The largest absolute Gasteiger partial charge is 0.467 e. The third-order valence-corrected chi connectivity index (χ3v) is 6.77. The maximum absolute atomic E-state index is 6.59. The van der Waals surface area contributed by atoms with Crippen molar-refractivity contribution in [3.8, 4) is 6.01 Å². The summed E-state index contributed by atoms with van der Waals surface area (Å²) in [5.41, 5.74) is 4.07. The van der Waals surface area contributed by atoms with Crippen LogP contribution in [-0.2, 0) is 29.8 Å². The fourth-order valence-electron chi connectivity index (χ4n) is 4.61. The van der Waals surface area contributed by atoms with Crippen molar-refractivity contribution in [2.45, 2.75) is 51.4 Å². The number of likely N-dealkylation sites (N-methyl/N-ethyl adjacent to an activating group) is 1. The van der Waals surface area contributed by atoms with Gasteiger partial charge in [0.05, 0.1) is 25.0 Å². The van der Waals surface area contributed by atoms with E-state index < -0.39 is 0 Å². The number of methoxy groups -OCH3 is 1. The highest BCUT2D eigenvalue weighted by Crippen LogP contribution is 2.48. The van der Waals surface area contributed by atoms with Crippen molar-refractivity contribution in [2.75, 3.05) is 32.1 Å². The van der Waals surface area contributed by atoms with Crippen molar-refractivity contribution in [3.63, 3.8) is 0 Å². The van der Waals surface area contributed by atoms with E-state index in [1.54, 1.807) is 7.11 Å². The SMILES string of the molecule is CC=CCN(CC(C)NC)c1nc(OC)nc2c1COC1(CCc3c(Cl)cccc31)C2. The summed E-state index contributed by atoms with van der Waals surface area (Å²) in [6.45, 7) is 6.25. The number of allylic oxidation sites excluding steroid dienone is 1. The van der Waals surface area contributed by atoms with Crippen LogP contribution in [0.4, 0.5) is 5.82 Å². The van der Waals surface area contributed by atoms with Gasteiger partial charge < -0.3 is 19.7 Å². The topological polar surface area (TPSA) is 59.5 Å². The quantitative estimate of drug-likeness (QED) is 0.653. The first-order valence-electron chi connectivity index (χ1n) is 10.9. The minimum absolute atomic E-state index is 0.307. The molecule has 1 spiro atoms. The molecule has 6 nitrogen and oxygen atoms in total. The van der Waals surface area contributed by atoms with Gasteiger partial charge in [0.1, 0.15) is 5.82 Å². The van der Waals surface area contributed by atoms with E-state index >= 15 is 0 Å². The van der Waals surface area contributed by atoms with Gasteiger partial charge in [-0.05, 0) is 50.9 Å². The number of nitrogens with zero attached hydrogens (tertiary/aromatic N) is 3. The molecule has 2 atom stereocenters. The Bertz CT molecular complexity index is 980. The zero-order valence-electron chi connectivity index (χ0n) is 18.7. The summed E-state index contributed by atoms with van der Waals surface area (Å²) in [7, 11) is 3.60. The summed E-state index contributed by atoms with van der Waals surface area (Å²) in [6, 6.07) is 6.82. The molecule has 166 valence electrons. The number of benzene rings is 1. The highest BCUT2D eigenvalue weighted by molar-refractivity contribution is 6.31. The van der Waals surface area contributed by atoms with E-state index in [4.69, 9.17) is 31.0 Å². The molecule has 1 aliphatic heterocycles. The molecule has 2 heterocycles. The molecule has 0 bridgehead atoms. The van der Waals surface area contributed by atoms with Crippen LogP contribution >= 0.6 is 11.6 Å². The number of hydrogen-bond acceptors (Lipinski definition) is 6. The molecule has 1 N–H and O–H groups in total. The molecular weight excluding hydrogens is 412 g/mol. The maximum Gasteiger partial charge on any atom is 0.318 e. The van der Waals surface area contributed by atoms with E-state index in [0.29, 0.717) is 25.1 Å². The van der Waals surface area contributed by atoms with Crippen LogP contribution in [0.25, 0.3) is 0 Å². The Morgan fingerprint density at radius 3 is 2.94 bits per heavy atom. The molecule has 7 heteroatoms. The fraction of sp³-hybridized carbons (Fsp3) is 0.500. The number of ether oxygens (including phenoxy) is 2. The molecule has 31 heavy (non-hydrogen) atoms. The Balaban J connectivity index is 1.75. The van der Waals surface area contributed by atoms with Crippen molar-refractivity contribution in [2.24, 2.45) is 0 Å². The second kappa shape index (κ2) is 9.15. The molecule has 4 rings (SSSR count). The van der Waals surface area contributed by atoms with E-state index in [9.17, 15) is 0 Å².